The van der Waals surface area contributed by atoms with Gasteiger partial charge in [0.05, 0.1) is 0 Å². The van der Waals surface area contributed by atoms with Crippen molar-refractivity contribution in [3.8, 4) is 0 Å². The summed E-state index contributed by atoms with van der Waals surface area (Å²) < 4.78 is 0. The zero-order chi connectivity index (χ0) is 11.7. The maximum atomic E-state index is 4.61. The minimum absolute atomic E-state index is 0.505. The molecule has 17 heavy (non-hydrogen) atoms. The highest BCUT2D eigenvalue weighted by atomic mass is 32.1. The van der Waals surface area contributed by atoms with Crippen molar-refractivity contribution in [3.63, 3.8) is 0 Å². The summed E-state index contributed by atoms with van der Waals surface area (Å²) >= 11 is 4.61. The molecule has 0 amide bonds. The Hall–Kier alpha value is -0.470. The van der Waals surface area contributed by atoms with Crippen molar-refractivity contribution in [3.05, 3.63) is 35.4 Å². The van der Waals surface area contributed by atoms with Crippen LogP contribution < -0.4 is 0 Å². The number of hydrogen-bond acceptors (Lipinski definition) is 2. The Morgan fingerprint density at radius 2 is 1.65 bits per heavy atom. The van der Waals surface area contributed by atoms with Crippen molar-refractivity contribution in [2.45, 2.75) is 38.8 Å². The smallest absolute Gasteiger partial charge is 0.0240 e. The fourth-order valence-corrected chi connectivity index (χ4v) is 3.90. The van der Waals surface area contributed by atoms with Crippen LogP contribution in [-0.4, -0.2) is 17.2 Å². The molecule has 0 bridgehead atoms. The Bertz CT molecular complexity index is 371. The average molecular weight is 247 g/mol. The standard InChI is InChI=1S/C15H21NS/c17-12-15(7-3-4-8-15)11-16-9-13-5-1-2-6-14(13)10-16/h1-2,5-6,17H,3-4,7-12H2. The molecule has 2 heteroatoms. The summed E-state index contributed by atoms with van der Waals surface area (Å²) in [5.74, 6) is 1.06. The van der Waals surface area contributed by atoms with Gasteiger partial charge < -0.3 is 0 Å². The van der Waals surface area contributed by atoms with E-state index in [4.69, 9.17) is 0 Å². The second-order valence-electron chi connectivity index (χ2n) is 5.78. The molecule has 0 unspecified atom stereocenters. The lowest BCUT2D eigenvalue weighted by molar-refractivity contribution is 0.172. The van der Waals surface area contributed by atoms with Crippen molar-refractivity contribution >= 4 is 12.6 Å². The molecule has 1 aliphatic heterocycles. The van der Waals surface area contributed by atoms with Crippen LogP contribution in [0.1, 0.15) is 36.8 Å². The molecule has 0 atom stereocenters. The van der Waals surface area contributed by atoms with Gasteiger partial charge in [0.25, 0.3) is 0 Å². The Labute approximate surface area is 110 Å². The van der Waals surface area contributed by atoms with Crippen LogP contribution in [0, 0.1) is 5.41 Å². The molecular weight excluding hydrogens is 226 g/mol. The maximum Gasteiger partial charge on any atom is 0.0240 e. The lowest BCUT2D eigenvalue weighted by atomic mass is 9.88. The van der Waals surface area contributed by atoms with Gasteiger partial charge in [-0.25, -0.2) is 0 Å². The van der Waals surface area contributed by atoms with Gasteiger partial charge in [0.15, 0.2) is 0 Å². The summed E-state index contributed by atoms with van der Waals surface area (Å²) in [6.45, 7) is 3.53. The number of nitrogens with zero attached hydrogens (tertiary/aromatic N) is 1. The molecular formula is C15H21NS. The molecule has 1 nitrogen and oxygen atoms in total. The zero-order valence-corrected chi connectivity index (χ0v) is 11.3. The Morgan fingerprint density at radius 1 is 1.06 bits per heavy atom. The molecule has 0 N–H and O–H groups in total. The van der Waals surface area contributed by atoms with Gasteiger partial charge in [-0.2, -0.15) is 12.6 Å². The van der Waals surface area contributed by atoms with E-state index in [1.807, 2.05) is 0 Å². The van der Waals surface area contributed by atoms with Gasteiger partial charge in [0.2, 0.25) is 0 Å². The van der Waals surface area contributed by atoms with Crippen molar-refractivity contribution in [1.82, 2.24) is 4.90 Å². The molecule has 92 valence electrons. The summed E-state index contributed by atoms with van der Waals surface area (Å²) in [5.41, 5.74) is 3.56. The zero-order valence-electron chi connectivity index (χ0n) is 10.4. The van der Waals surface area contributed by atoms with Gasteiger partial charge in [-0.1, -0.05) is 37.1 Å². The predicted molar refractivity (Wildman–Crippen MR) is 75.3 cm³/mol. The normalized spacial score (nSPS) is 22.9. The molecule has 1 fully saturated rings. The lowest BCUT2D eigenvalue weighted by Gasteiger charge is -2.32. The molecule has 0 aromatic heterocycles. The van der Waals surface area contributed by atoms with E-state index in [0.717, 1.165) is 18.8 Å². The van der Waals surface area contributed by atoms with Gasteiger partial charge in [-0.3, -0.25) is 4.90 Å². The second kappa shape index (κ2) is 4.66. The number of hydrogen-bond donors (Lipinski definition) is 1. The van der Waals surface area contributed by atoms with Crippen LogP contribution in [0.15, 0.2) is 24.3 Å². The van der Waals surface area contributed by atoms with Crippen molar-refractivity contribution in [2.24, 2.45) is 5.41 Å². The summed E-state index contributed by atoms with van der Waals surface area (Å²) in [4.78, 5) is 2.62. The number of fused-ring (bicyclic) bond motifs is 1. The highest BCUT2D eigenvalue weighted by Crippen LogP contribution is 2.41. The quantitative estimate of drug-likeness (QED) is 0.800. The highest BCUT2D eigenvalue weighted by molar-refractivity contribution is 7.80. The van der Waals surface area contributed by atoms with Gasteiger partial charge in [0, 0.05) is 19.6 Å². The minimum atomic E-state index is 0.505. The van der Waals surface area contributed by atoms with Gasteiger partial charge in [0.1, 0.15) is 0 Å². The minimum Gasteiger partial charge on any atom is -0.294 e. The molecule has 1 heterocycles. The largest absolute Gasteiger partial charge is 0.294 e. The van der Waals surface area contributed by atoms with E-state index in [1.165, 1.54) is 43.4 Å². The first-order valence-electron chi connectivity index (χ1n) is 6.71. The lowest BCUT2D eigenvalue weighted by Crippen LogP contribution is -2.34. The molecule has 1 aliphatic carbocycles. The number of thiol groups is 1. The maximum absolute atomic E-state index is 4.61. The summed E-state index contributed by atoms with van der Waals surface area (Å²) in [7, 11) is 0. The Morgan fingerprint density at radius 3 is 2.18 bits per heavy atom. The molecule has 3 rings (SSSR count). The van der Waals surface area contributed by atoms with Crippen molar-refractivity contribution < 1.29 is 0 Å². The fourth-order valence-electron chi connectivity index (χ4n) is 3.48. The van der Waals surface area contributed by atoms with Crippen LogP contribution in [0.3, 0.4) is 0 Å². The van der Waals surface area contributed by atoms with Crippen LogP contribution in [-0.2, 0) is 13.1 Å². The molecule has 2 aliphatic rings. The third-order valence-corrected chi connectivity index (χ3v) is 5.14. The van der Waals surface area contributed by atoms with Crippen LogP contribution in [0.2, 0.25) is 0 Å². The van der Waals surface area contributed by atoms with E-state index in [0.29, 0.717) is 5.41 Å². The Kier molecular flexibility index (Phi) is 3.18. The van der Waals surface area contributed by atoms with E-state index in [9.17, 15) is 0 Å². The first-order chi connectivity index (χ1) is 8.31. The predicted octanol–water partition coefficient (Wildman–Crippen LogP) is 3.49. The van der Waals surface area contributed by atoms with Crippen LogP contribution >= 0.6 is 12.6 Å². The van der Waals surface area contributed by atoms with Crippen molar-refractivity contribution in [1.29, 1.82) is 0 Å². The monoisotopic (exact) mass is 247 g/mol. The van der Waals surface area contributed by atoms with E-state index in [-0.39, 0.29) is 0 Å². The Balaban J connectivity index is 1.69. The van der Waals surface area contributed by atoms with Gasteiger partial charge >= 0.3 is 0 Å². The number of benzene rings is 1. The van der Waals surface area contributed by atoms with E-state index < -0.39 is 0 Å². The second-order valence-corrected chi connectivity index (χ2v) is 6.10. The summed E-state index contributed by atoms with van der Waals surface area (Å²) in [5, 5.41) is 0. The van der Waals surface area contributed by atoms with Crippen LogP contribution in [0.5, 0.6) is 0 Å². The SMILES string of the molecule is SCC1(CN2Cc3ccccc3C2)CCCC1. The van der Waals surface area contributed by atoms with E-state index >= 15 is 0 Å². The van der Waals surface area contributed by atoms with E-state index in [1.54, 1.807) is 0 Å². The molecule has 0 spiro atoms. The first-order valence-corrected chi connectivity index (χ1v) is 7.35. The molecule has 0 saturated heterocycles. The van der Waals surface area contributed by atoms with Crippen LogP contribution in [0.4, 0.5) is 0 Å². The summed E-state index contributed by atoms with van der Waals surface area (Å²) in [6, 6.07) is 8.87. The van der Waals surface area contributed by atoms with Crippen LogP contribution in [0.25, 0.3) is 0 Å². The van der Waals surface area contributed by atoms with Gasteiger partial charge in [-0.15, -0.1) is 0 Å². The first kappa shape index (κ1) is 11.6. The average Bonchev–Trinajstić information content (AvgIpc) is 2.95. The van der Waals surface area contributed by atoms with Crippen molar-refractivity contribution in [2.75, 3.05) is 12.3 Å². The third kappa shape index (κ3) is 2.25. The van der Waals surface area contributed by atoms with E-state index in [2.05, 4.69) is 41.8 Å². The number of rotatable bonds is 3. The molecule has 1 aromatic carbocycles. The topological polar surface area (TPSA) is 3.24 Å². The summed E-state index contributed by atoms with van der Waals surface area (Å²) in [6.07, 6.45) is 5.56. The molecule has 0 radical (unpaired) electrons. The molecule has 1 aromatic rings. The fraction of sp³-hybridized carbons (Fsp3) is 0.600. The highest BCUT2D eigenvalue weighted by Gasteiger charge is 2.35. The third-order valence-electron chi connectivity index (χ3n) is 4.46. The van der Waals surface area contributed by atoms with Gasteiger partial charge in [-0.05, 0) is 35.1 Å². The molecule has 1 saturated carbocycles.